The molecule has 5 nitrogen and oxygen atoms in total. The summed E-state index contributed by atoms with van der Waals surface area (Å²) in [6.45, 7) is 4.61. The van der Waals surface area contributed by atoms with E-state index < -0.39 is 0 Å². The Morgan fingerprint density at radius 3 is 2.50 bits per heavy atom. The molecule has 0 unspecified atom stereocenters. The van der Waals surface area contributed by atoms with Gasteiger partial charge in [0, 0.05) is 44.7 Å². The van der Waals surface area contributed by atoms with Crippen molar-refractivity contribution >= 4 is 17.3 Å². The molecule has 1 atom stereocenters. The number of nitrogens with zero attached hydrogens (tertiary/aromatic N) is 3. The van der Waals surface area contributed by atoms with Crippen molar-refractivity contribution in [2.75, 3.05) is 25.5 Å². The molecule has 0 aliphatic carbocycles. The Bertz CT molecular complexity index is 894. The van der Waals surface area contributed by atoms with Crippen LogP contribution in [0.15, 0.2) is 53.7 Å². The van der Waals surface area contributed by atoms with Crippen molar-refractivity contribution in [3.8, 4) is 0 Å². The van der Waals surface area contributed by atoms with E-state index >= 15 is 0 Å². The van der Waals surface area contributed by atoms with E-state index in [1.807, 2.05) is 57.1 Å². The van der Waals surface area contributed by atoms with Gasteiger partial charge < -0.3 is 14.6 Å². The van der Waals surface area contributed by atoms with E-state index in [9.17, 15) is 9.18 Å². The van der Waals surface area contributed by atoms with Crippen molar-refractivity contribution in [2.24, 2.45) is 11.1 Å². The fourth-order valence-corrected chi connectivity index (χ4v) is 3.46. The molecule has 1 aliphatic rings. The zero-order chi connectivity index (χ0) is 21.7. The molecule has 0 radical (unpaired) electrons. The fraction of sp³-hybridized carbons (Fsp3) is 0.417. The Morgan fingerprint density at radius 2 is 1.87 bits per heavy atom. The number of rotatable bonds is 8. The Balaban J connectivity index is 1.67. The van der Waals surface area contributed by atoms with Gasteiger partial charge in [0.1, 0.15) is 5.82 Å². The maximum Gasteiger partial charge on any atom is 0.223 e. The smallest absolute Gasteiger partial charge is 0.223 e. The molecule has 0 saturated carbocycles. The van der Waals surface area contributed by atoms with Gasteiger partial charge in [0.15, 0.2) is 6.10 Å². The predicted molar refractivity (Wildman–Crippen MR) is 118 cm³/mol. The molecule has 0 N–H and O–H groups in total. The number of halogens is 1. The van der Waals surface area contributed by atoms with E-state index in [1.165, 1.54) is 6.07 Å². The SMILES string of the molecule is CC(C)CC(=O)N(Cc1ccccc1F)C[C@@H]1CC(c2ccc(N(C)C)cc2)=NO1. The summed E-state index contributed by atoms with van der Waals surface area (Å²) in [4.78, 5) is 22.2. The molecule has 2 aromatic rings. The summed E-state index contributed by atoms with van der Waals surface area (Å²) in [6.07, 6.45) is 0.793. The molecule has 160 valence electrons. The van der Waals surface area contributed by atoms with Crippen LogP contribution in [0, 0.1) is 11.7 Å². The minimum atomic E-state index is -0.301. The molecule has 0 saturated heterocycles. The minimum Gasteiger partial charge on any atom is -0.390 e. The van der Waals surface area contributed by atoms with Gasteiger partial charge in [0.2, 0.25) is 5.91 Å². The topological polar surface area (TPSA) is 45.1 Å². The second kappa shape index (κ2) is 9.74. The van der Waals surface area contributed by atoms with E-state index in [1.54, 1.807) is 23.1 Å². The molecule has 0 aromatic heterocycles. The lowest BCUT2D eigenvalue weighted by Crippen LogP contribution is -2.38. The molecular formula is C24H30FN3O2. The molecule has 1 heterocycles. The average Bonchev–Trinajstić information content (AvgIpc) is 3.17. The van der Waals surface area contributed by atoms with Gasteiger partial charge in [-0.05, 0) is 29.7 Å². The summed E-state index contributed by atoms with van der Waals surface area (Å²) in [5.41, 5.74) is 3.50. The summed E-state index contributed by atoms with van der Waals surface area (Å²) in [5.74, 6) is -0.0714. The van der Waals surface area contributed by atoms with Crippen LogP contribution >= 0.6 is 0 Å². The third kappa shape index (κ3) is 5.59. The summed E-state index contributed by atoms with van der Waals surface area (Å²) in [5, 5.41) is 4.25. The van der Waals surface area contributed by atoms with E-state index in [-0.39, 0.29) is 30.3 Å². The number of benzene rings is 2. The van der Waals surface area contributed by atoms with Gasteiger partial charge >= 0.3 is 0 Å². The maximum absolute atomic E-state index is 14.2. The quantitative estimate of drug-likeness (QED) is 0.644. The molecule has 3 rings (SSSR count). The lowest BCUT2D eigenvalue weighted by molar-refractivity contribution is -0.134. The second-order valence-corrected chi connectivity index (χ2v) is 8.37. The fourth-order valence-electron chi connectivity index (χ4n) is 3.46. The first kappa shape index (κ1) is 21.8. The lowest BCUT2D eigenvalue weighted by atomic mass is 10.0. The van der Waals surface area contributed by atoms with Gasteiger partial charge in [-0.25, -0.2) is 4.39 Å². The maximum atomic E-state index is 14.2. The molecule has 0 spiro atoms. The van der Waals surface area contributed by atoms with E-state index in [0.717, 1.165) is 17.0 Å². The van der Waals surface area contributed by atoms with Crippen LogP contribution in [0.3, 0.4) is 0 Å². The van der Waals surface area contributed by atoms with E-state index in [2.05, 4.69) is 5.16 Å². The van der Waals surface area contributed by atoms with Crippen molar-refractivity contribution < 1.29 is 14.0 Å². The number of carbonyl (C=O) groups excluding carboxylic acids is 1. The first-order valence-electron chi connectivity index (χ1n) is 10.3. The Kier molecular flexibility index (Phi) is 7.08. The van der Waals surface area contributed by atoms with Crippen molar-refractivity contribution in [2.45, 2.75) is 39.3 Å². The van der Waals surface area contributed by atoms with Gasteiger partial charge in [0.05, 0.1) is 12.3 Å². The molecule has 0 fully saturated rings. The highest BCUT2D eigenvalue weighted by molar-refractivity contribution is 6.01. The second-order valence-electron chi connectivity index (χ2n) is 8.37. The van der Waals surface area contributed by atoms with Crippen molar-refractivity contribution in [1.82, 2.24) is 4.90 Å². The van der Waals surface area contributed by atoms with Crippen LogP contribution in [0.1, 0.15) is 37.8 Å². The van der Waals surface area contributed by atoms with Gasteiger partial charge in [-0.1, -0.05) is 49.3 Å². The highest BCUT2D eigenvalue weighted by atomic mass is 19.1. The van der Waals surface area contributed by atoms with Gasteiger partial charge in [-0.3, -0.25) is 4.79 Å². The largest absolute Gasteiger partial charge is 0.390 e. The highest BCUT2D eigenvalue weighted by Gasteiger charge is 2.27. The molecule has 1 aliphatic heterocycles. The molecular weight excluding hydrogens is 381 g/mol. The predicted octanol–water partition coefficient (Wildman–Crippen LogP) is 4.46. The summed E-state index contributed by atoms with van der Waals surface area (Å²) in [7, 11) is 4.00. The summed E-state index contributed by atoms with van der Waals surface area (Å²) >= 11 is 0. The van der Waals surface area contributed by atoms with Gasteiger partial charge in [-0.15, -0.1) is 0 Å². The van der Waals surface area contributed by atoms with Crippen LogP contribution < -0.4 is 4.90 Å². The zero-order valence-corrected chi connectivity index (χ0v) is 18.1. The van der Waals surface area contributed by atoms with E-state index in [4.69, 9.17) is 4.84 Å². The zero-order valence-electron chi connectivity index (χ0n) is 18.1. The van der Waals surface area contributed by atoms with Crippen LogP contribution in [0.25, 0.3) is 0 Å². The third-order valence-corrected chi connectivity index (χ3v) is 5.13. The van der Waals surface area contributed by atoms with Crippen molar-refractivity contribution in [3.63, 3.8) is 0 Å². The molecule has 30 heavy (non-hydrogen) atoms. The first-order valence-corrected chi connectivity index (χ1v) is 10.3. The van der Waals surface area contributed by atoms with Crippen LogP contribution in [-0.4, -0.2) is 43.3 Å². The van der Waals surface area contributed by atoms with Gasteiger partial charge in [-0.2, -0.15) is 0 Å². The minimum absolute atomic E-state index is 0.000592. The summed E-state index contributed by atoms with van der Waals surface area (Å²) in [6, 6.07) is 14.7. The van der Waals surface area contributed by atoms with Crippen molar-refractivity contribution in [3.05, 3.63) is 65.5 Å². The number of oxime groups is 1. The monoisotopic (exact) mass is 411 g/mol. The Morgan fingerprint density at radius 1 is 1.17 bits per heavy atom. The molecule has 0 bridgehead atoms. The number of carbonyl (C=O) groups is 1. The number of hydrogen-bond donors (Lipinski definition) is 0. The molecule has 2 aromatic carbocycles. The first-order chi connectivity index (χ1) is 14.3. The Hall–Kier alpha value is -2.89. The van der Waals surface area contributed by atoms with Crippen molar-refractivity contribution in [1.29, 1.82) is 0 Å². The molecule has 6 heteroatoms. The number of hydrogen-bond acceptors (Lipinski definition) is 4. The highest BCUT2D eigenvalue weighted by Crippen LogP contribution is 2.22. The standard InChI is InChI=1S/C24H30FN3O2/c1-17(2)13-24(29)28(15-19-7-5-6-8-22(19)25)16-21-14-23(26-30-21)18-9-11-20(12-10-18)27(3)4/h5-12,17,21H,13-16H2,1-4H3/t21-/m0/s1. The van der Waals surface area contributed by atoms with Crippen LogP contribution in [0.5, 0.6) is 0 Å². The van der Waals surface area contributed by atoms with Gasteiger partial charge in [0.25, 0.3) is 0 Å². The number of anilines is 1. The molecule has 1 amide bonds. The average molecular weight is 412 g/mol. The van der Waals surface area contributed by atoms with E-state index in [0.29, 0.717) is 24.9 Å². The summed E-state index contributed by atoms with van der Waals surface area (Å²) < 4.78 is 14.2. The third-order valence-electron chi connectivity index (χ3n) is 5.13. The number of amides is 1. The van der Waals surface area contributed by atoms with Crippen LogP contribution in [-0.2, 0) is 16.2 Å². The van der Waals surface area contributed by atoms with Crippen LogP contribution in [0.4, 0.5) is 10.1 Å². The van der Waals surface area contributed by atoms with Crippen LogP contribution in [0.2, 0.25) is 0 Å². The normalized spacial score (nSPS) is 15.7. The lowest BCUT2D eigenvalue weighted by Gasteiger charge is -2.26. The Labute approximate surface area is 178 Å².